The van der Waals surface area contributed by atoms with Crippen molar-refractivity contribution in [1.82, 2.24) is 14.8 Å². The normalized spacial score (nSPS) is 11.2. The molecule has 3 aromatic rings. The van der Waals surface area contributed by atoms with Crippen LogP contribution in [0.15, 0.2) is 60.8 Å². The van der Waals surface area contributed by atoms with Gasteiger partial charge in [0, 0.05) is 37.8 Å². The van der Waals surface area contributed by atoms with Gasteiger partial charge in [-0.1, -0.05) is 56.3 Å². The molecular formula is C23H29N3O. The first-order valence-electron chi connectivity index (χ1n) is 9.80. The summed E-state index contributed by atoms with van der Waals surface area (Å²) in [6.45, 7) is 8.74. The standard InChI is InChI=1S/C23H29N3O/c1-3-25(4-2)18-20-11-9-19(10-12-20)17-24-23(27)14-16-26-15-13-21-7-5-6-8-22(21)26/h5-13,15H,3-4,14,16-18H2,1-2H3,(H,24,27). The first-order chi connectivity index (χ1) is 13.2. The number of fused-ring (bicyclic) bond motifs is 1. The number of nitrogens with zero attached hydrogens (tertiary/aromatic N) is 2. The fraction of sp³-hybridized carbons (Fsp3) is 0.348. The number of aromatic nitrogens is 1. The first-order valence-corrected chi connectivity index (χ1v) is 9.80. The van der Waals surface area contributed by atoms with E-state index in [9.17, 15) is 4.79 Å². The summed E-state index contributed by atoms with van der Waals surface area (Å²) in [7, 11) is 0. The molecule has 27 heavy (non-hydrogen) atoms. The SMILES string of the molecule is CCN(CC)Cc1ccc(CNC(=O)CCn2ccc3ccccc32)cc1. The van der Waals surface area contributed by atoms with Crippen LogP contribution in [0.2, 0.25) is 0 Å². The van der Waals surface area contributed by atoms with Gasteiger partial charge in [0.05, 0.1) is 0 Å². The van der Waals surface area contributed by atoms with E-state index in [-0.39, 0.29) is 5.91 Å². The summed E-state index contributed by atoms with van der Waals surface area (Å²) in [5, 5.41) is 4.24. The first kappa shape index (κ1) is 19.2. The molecule has 0 bridgehead atoms. The van der Waals surface area contributed by atoms with Crippen molar-refractivity contribution < 1.29 is 4.79 Å². The predicted octanol–water partition coefficient (Wildman–Crippen LogP) is 4.19. The van der Waals surface area contributed by atoms with E-state index in [2.05, 4.69) is 71.1 Å². The van der Waals surface area contributed by atoms with Crippen molar-refractivity contribution in [3.8, 4) is 0 Å². The molecule has 1 N–H and O–H groups in total. The van der Waals surface area contributed by atoms with Crippen molar-refractivity contribution in [2.75, 3.05) is 13.1 Å². The molecule has 0 aliphatic heterocycles. The van der Waals surface area contributed by atoms with Crippen LogP contribution in [0.4, 0.5) is 0 Å². The topological polar surface area (TPSA) is 37.3 Å². The van der Waals surface area contributed by atoms with Gasteiger partial charge < -0.3 is 9.88 Å². The van der Waals surface area contributed by atoms with Crippen molar-refractivity contribution in [3.63, 3.8) is 0 Å². The average molecular weight is 364 g/mol. The molecule has 4 nitrogen and oxygen atoms in total. The Kier molecular flexibility index (Phi) is 6.66. The van der Waals surface area contributed by atoms with Crippen LogP contribution in [0.3, 0.4) is 0 Å². The van der Waals surface area contributed by atoms with Gasteiger partial charge in [-0.05, 0) is 41.7 Å². The highest BCUT2D eigenvalue weighted by Crippen LogP contribution is 2.15. The summed E-state index contributed by atoms with van der Waals surface area (Å²) in [4.78, 5) is 14.6. The van der Waals surface area contributed by atoms with Crippen LogP contribution in [0.5, 0.6) is 0 Å². The number of nitrogens with one attached hydrogen (secondary N) is 1. The van der Waals surface area contributed by atoms with Crippen LogP contribution in [0, 0.1) is 0 Å². The summed E-state index contributed by atoms with van der Waals surface area (Å²) >= 11 is 0. The van der Waals surface area contributed by atoms with Crippen LogP contribution < -0.4 is 5.32 Å². The minimum Gasteiger partial charge on any atom is -0.352 e. The van der Waals surface area contributed by atoms with Crippen LogP contribution in [-0.4, -0.2) is 28.5 Å². The molecular weight excluding hydrogens is 334 g/mol. The Labute approximate surface area is 161 Å². The van der Waals surface area contributed by atoms with Gasteiger partial charge in [0.15, 0.2) is 0 Å². The van der Waals surface area contributed by atoms with E-state index in [1.165, 1.54) is 16.5 Å². The maximum Gasteiger partial charge on any atom is 0.222 e. The number of hydrogen-bond acceptors (Lipinski definition) is 2. The number of hydrogen-bond donors (Lipinski definition) is 1. The molecule has 1 aromatic heterocycles. The Hall–Kier alpha value is -2.59. The smallest absolute Gasteiger partial charge is 0.222 e. The Bertz CT molecular complexity index is 863. The lowest BCUT2D eigenvalue weighted by molar-refractivity contribution is -0.121. The third-order valence-electron chi connectivity index (χ3n) is 5.07. The Morgan fingerprint density at radius 1 is 0.963 bits per heavy atom. The van der Waals surface area contributed by atoms with E-state index < -0.39 is 0 Å². The molecule has 3 rings (SSSR count). The second-order valence-electron chi connectivity index (χ2n) is 6.87. The number of carbonyl (C=O) groups excluding carboxylic acids is 1. The van der Waals surface area contributed by atoms with E-state index in [4.69, 9.17) is 0 Å². The number of para-hydroxylation sites is 1. The zero-order valence-corrected chi connectivity index (χ0v) is 16.3. The number of benzene rings is 2. The molecule has 0 saturated heterocycles. The fourth-order valence-electron chi connectivity index (χ4n) is 3.31. The molecule has 0 aliphatic rings. The maximum atomic E-state index is 12.2. The van der Waals surface area contributed by atoms with Gasteiger partial charge in [-0.15, -0.1) is 0 Å². The third-order valence-corrected chi connectivity index (χ3v) is 5.07. The number of carbonyl (C=O) groups is 1. The number of rotatable bonds is 9. The zero-order valence-electron chi connectivity index (χ0n) is 16.3. The van der Waals surface area contributed by atoms with Gasteiger partial charge >= 0.3 is 0 Å². The van der Waals surface area contributed by atoms with Gasteiger partial charge in [-0.3, -0.25) is 9.69 Å². The van der Waals surface area contributed by atoms with Crippen molar-refractivity contribution >= 4 is 16.8 Å². The largest absolute Gasteiger partial charge is 0.352 e. The van der Waals surface area contributed by atoms with Crippen LogP contribution in [0.25, 0.3) is 10.9 Å². The van der Waals surface area contributed by atoms with Crippen molar-refractivity contribution in [3.05, 3.63) is 71.9 Å². The van der Waals surface area contributed by atoms with E-state index in [0.29, 0.717) is 19.5 Å². The monoisotopic (exact) mass is 363 g/mol. The summed E-state index contributed by atoms with van der Waals surface area (Å²) < 4.78 is 2.14. The van der Waals surface area contributed by atoms with Crippen molar-refractivity contribution in [1.29, 1.82) is 0 Å². The van der Waals surface area contributed by atoms with E-state index in [1.807, 2.05) is 18.3 Å². The molecule has 1 amide bonds. The molecule has 0 fully saturated rings. The quantitative estimate of drug-likeness (QED) is 0.619. The highest BCUT2D eigenvalue weighted by molar-refractivity contribution is 5.80. The molecule has 0 aliphatic carbocycles. The lowest BCUT2D eigenvalue weighted by atomic mass is 10.1. The van der Waals surface area contributed by atoms with Gasteiger partial charge in [0.1, 0.15) is 0 Å². The average Bonchev–Trinajstić information content (AvgIpc) is 3.13. The maximum absolute atomic E-state index is 12.2. The highest BCUT2D eigenvalue weighted by Gasteiger charge is 2.05. The molecule has 0 radical (unpaired) electrons. The highest BCUT2D eigenvalue weighted by atomic mass is 16.1. The molecule has 1 heterocycles. The lowest BCUT2D eigenvalue weighted by Gasteiger charge is -2.18. The molecule has 0 atom stereocenters. The zero-order chi connectivity index (χ0) is 19.1. The molecule has 0 saturated carbocycles. The third kappa shape index (κ3) is 5.20. The van der Waals surface area contributed by atoms with E-state index >= 15 is 0 Å². The van der Waals surface area contributed by atoms with E-state index in [0.717, 1.165) is 25.2 Å². The van der Waals surface area contributed by atoms with Gasteiger partial charge in [-0.2, -0.15) is 0 Å². The summed E-state index contributed by atoms with van der Waals surface area (Å²) in [5.74, 6) is 0.0833. The lowest BCUT2D eigenvalue weighted by Crippen LogP contribution is -2.24. The van der Waals surface area contributed by atoms with Crippen LogP contribution in [0.1, 0.15) is 31.4 Å². The van der Waals surface area contributed by atoms with Crippen molar-refractivity contribution in [2.45, 2.75) is 39.9 Å². The second kappa shape index (κ2) is 9.38. The molecule has 0 unspecified atom stereocenters. The van der Waals surface area contributed by atoms with Gasteiger partial charge in [0.25, 0.3) is 0 Å². The van der Waals surface area contributed by atoms with Gasteiger partial charge in [0.2, 0.25) is 5.91 Å². The number of aryl methyl sites for hydroxylation is 1. The number of amides is 1. The minimum absolute atomic E-state index is 0.0833. The molecule has 2 aromatic carbocycles. The summed E-state index contributed by atoms with van der Waals surface area (Å²) in [6.07, 6.45) is 2.53. The summed E-state index contributed by atoms with van der Waals surface area (Å²) in [6, 6.07) is 18.9. The minimum atomic E-state index is 0.0833. The van der Waals surface area contributed by atoms with Crippen molar-refractivity contribution in [2.24, 2.45) is 0 Å². The molecule has 4 heteroatoms. The predicted molar refractivity (Wildman–Crippen MR) is 111 cm³/mol. The Morgan fingerprint density at radius 2 is 1.67 bits per heavy atom. The van der Waals surface area contributed by atoms with Crippen LogP contribution in [-0.2, 0) is 24.4 Å². The molecule has 0 spiro atoms. The Morgan fingerprint density at radius 3 is 2.41 bits per heavy atom. The van der Waals surface area contributed by atoms with Crippen LogP contribution >= 0.6 is 0 Å². The summed E-state index contributed by atoms with van der Waals surface area (Å²) in [5.41, 5.74) is 3.63. The second-order valence-corrected chi connectivity index (χ2v) is 6.87. The van der Waals surface area contributed by atoms with Gasteiger partial charge in [-0.25, -0.2) is 0 Å². The molecule has 142 valence electrons. The Balaban J connectivity index is 1.46. The fourth-order valence-corrected chi connectivity index (χ4v) is 3.31. The van der Waals surface area contributed by atoms with E-state index in [1.54, 1.807) is 0 Å².